The Bertz CT molecular complexity index is 3720. The van der Waals surface area contributed by atoms with Gasteiger partial charge in [-0.05, 0) is 81.7 Å². The van der Waals surface area contributed by atoms with Gasteiger partial charge in [0.05, 0.1) is 11.4 Å². The molecule has 0 saturated heterocycles. The predicted molar refractivity (Wildman–Crippen MR) is 243 cm³/mol. The second-order valence-electron chi connectivity index (χ2n) is 16.4. The van der Waals surface area contributed by atoms with Gasteiger partial charge in [0.2, 0.25) is 0 Å². The SMILES string of the molecule is CC1(C)c2ccccc2-c2ccc(N(c3cccc4ccccc34)c3ccc(-c4cccc5c4oc4ccccc45)c4c3oc3ccc5oc6ccccc6c5c34)cc21. The van der Waals surface area contributed by atoms with E-state index in [0.717, 1.165) is 99.4 Å². The summed E-state index contributed by atoms with van der Waals surface area (Å²) in [5, 5.41) is 8.65. The first-order valence-corrected chi connectivity index (χ1v) is 20.3. The van der Waals surface area contributed by atoms with Crippen LogP contribution in [0.3, 0.4) is 0 Å². The molecule has 13 rings (SSSR count). The highest BCUT2D eigenvalue weighted by Gasteiger charge is 2.36. The molecule has 4 nitrogen and oxygen atoms in total. The van der Waals surface area contributed by atoms with Crippen LogP contribution in [0.4, 0.5) is 17.1 Å². The second kappa shape index (κ2) is 11.7. The fourth-order valence-corrected chi connectivity index (χ4v) is 10.2. The van der Waals surface area contributed by atoms with E-state index in [9.17, 15) is 0 Å². The van der Waals surface area contributed by atoms with Crippen LogP contribution in [0.25, 0.3) is 98.8 Å². The third-order valence-corrected chi connectivity index (χ3v) is 12.9. The van der Waals surface area contributed by atoms with Crippen LogP contribution < -0.4 is 4.90 Å². The number of hydrogen-bond donors (Lipinski definition) is 0. The maximum Gasteiger partial charge on any atom is 0.160 e. The maximum absolute atomic E-state index is 7.25. The molecule has 0 atom stereocenters. The van der Waals surface area contributed by atoms with Crippen molar-refractivity contribution in [1.29, 1.82) is 0 Å². The molecule has 0 amide bonds. The summed E-state index contributed by atoms with van der Waals surface area (Å²) in [6.45, 7) is 4.68. The van der Waals surface area contributed by atoms with Crippen LogP contribution in [0.2, 0.25) is 0 Å². The number of rotatable bonds is 4. The molecule has 12 aromatic rings. The van der Waals surface area contributed by atoms with E-state index in [1.54, 1.807) is 0 Å². The zero-order valence-electron chi connectivity index (χ0n) is 32.4. The van der Waals surface area contributed by atoms with Crippen LogP contribution in [-0.2, 0) is 5.41 Å². The molecule has 3 heterocycles. The topological polar surface area (TPSA) is 42.7 Å². The fourth-order valence-electron chi connectivity index (χ4n) is 10.2. The number of para-hydroxylation sites is 3. The average molecular weight is 758 g/mol. The van der Waals surface area contributed by atoms with Gasteiger partial charge in [-0.2, -0.15) is 0 Å². The molecular weight excluding hydrogens is 723 g/mol. The van der Waals surface area contributed by atoms with Crippen molar-refractivity contribution in [3.63, 3.8) is 0 Å². The lowest BCUT2D eigenvalue weighted by molar-refractivity contribution is 0.660. The van der Waals surface area contributed by atoms with Crippen LogP contribution in [0, 0.1) is 0 Å². The Hall–Kier alpha value is -7.56. The van der Waals surface area contributed by atoms with Gasteiger partial charge in [-0.3, -0.25) is 0 Å². The molecular formula is C55H35NO3. The highest BCUT2D eigenvalue weighted by atomic mass is 16.3. The number of nitrogens with zero attached hydrogens (tertiary/aromatic N) is 1. The van der Waals surface area contributed by atoms with Crippen molar-refractivity contribution in [2.24, 2.45) is 0 Å². The summed E-state index contributed by atoms with van der Waals surface area (Å²) in [5.74, 6) is 0. The van der Waals surface area contributed by atoms with Crippen LogP contribution in [0.1, 0.15) is 25.0 Å². The Labute approximate surface area is 339 Å². The zero-order valence-corrected chi connectivity index (χ0v) is 32.4. The fraction of sp³-hybridized carbons (Fsp3) is 0.0545. The molecule has 0 saturated carbocycles. The lowest BCUT2D eigenvalue weighted by Gasteiger charge is -2.29. The molecule has 9 aromatic carbocycles. The van der Waals surface area contributed by atoms with Gasteiger partial charge >= 0.3 is 0 Å². The van der Waals surface area contributed by atoms with Crippen molar-refractivity contribution >= 4 is 93.7 Å². The number of benzene rings is 9. The standard InChI is InChI=1S/C55H35NO3/c1-55(2)42-21-8-5-16-35(42)36-26-25-33(31-43(36)55)56(44-22-11-14-32-13-3-4-15-34(32)44)45-28-27-38(40-20-12-19-39-37-17-6-9-23-46(37)58-53(39)40)51-52-49(59-54(45)51)30-29-48-50(52)41-18-7-10-24-47(41)57-48/h3-31H,1-2H3. The van der Waals surface area contributed by atoms with E-state index in [1.807, 2.05) is 30.3 Å². The summed E-state index contributed by atoms with van der Waals surface area (Å²) in [5.41, 5.74) is 15.2. The van der Waals surface area contributed by atoms with Gasteiger partial charge in [0.25, 0.3) is 0 Å². The molecule has 0 bridgehead atoms. The van der Waals surface area contributed by atoms with E-state index in [2.05, 4.69) is 164 Å². The number of furan rings is 3. The van der Waals surface area contributed by atoms with Crippen LogP contribution in [0.5, 0.6) is 0 Å². The molecule has 0 aliphatic heterocycles. The molecule has 4 heteroatoms. The highest BCUT2D eigenvalue weighted by Crippen LogP contribution is 2.54. The molecule has 0 N–H and O–H groups in total. The molecule has 278 valence electrons. The van der Waals surface area contributed by atoms with Gasteiger partial charge in [0, 0.05) is 54.4 Å². The van der Waals surface area contributed by atoms with Crippen molar-refractivity contribution in [3.8, 4) is 22.3 Å². The normalized spacial score (nSPS) is 13.4. The quantitative estimate of drug-likeness (QED) is 0.179. The molecule has 59 heavy (non-hydrogen) atoms. The Morgan fingerprint density at radius 2 is 1.00 bits per heavy atom. The van der Waals surface area contributed by atoms with Gasteiger partial charge in [-0.1, -0.05) is 141 Å². The van der Waals surface area contributed by atoms with E-state index in [4.69, 9.17) is 13.3 Å². The summed E-state index contributed by atoms with van der Waals surface area (Å²) in [6.07, 6.45) is 0. The predicted octanol–water partition coefficient (Wildman–Crippen LogP) is 16.0. The first kappa shape index (κ1) is 32.5. The summed E-state index contributed by atoms with van der Waals surface area (Å²) in [4.78, 5) is 2.41. The second-order valence-corrected chi connectivity index (χ2v) is 16.4. The number of hydrogen-bond acceptors (Lipinski definition) is 4. The van der Waals surface area contributed by atoms with Crippen molar-refractivity contribution in [2.75, 3.05) is 4.90 Å². The van der Waals surface area contributed by atoms with Gasteiger partial charge in [-0.15, -0.1) is 0 Å². The maximum atomic E-state index is 7.25. The average Bonchev–Trinajstić information content (AvgIpc) is 4.02. The van der Waals surface area contributed by atoms with Crippen molar-refractivity contribution in [2.45, 2.75) is 19.3 Å². The molecule has 0 unspecified atom stereocenters. The van der Waals surface area contributed by atoms with Crippen molar-refractivity contribution < 1.29 is 13.3 Å². The van der Waals surface area contributed by atoms with Crippen LogP contribution in [-0.4, -0.2) is 0 Å². The smallest absolute Gasteiger partial charge is 0.160 e. The highest BCUT2D eigenvalue weighted by molar-refractivity contribution is 6.30. The largest absolute Gasteiger partial charge is 0.456 e. The third-order valence-electron chi connectivity index (χ3n) is 12.9. The van der Waals surface area contributed by atoms with Gasteiger partial charge in [0.1, 0.15) is 27.9 Å². The van der Waals surface area contributed by atoms with Crippen LogP contribution >= 0.6 is 0 Å². The number of fused-ring (bicyclic) bond motifs is 14. The Morgan fingerprint density at radius 3 is 1.88 bits per heavy atom. The monoisotopic (exact) mass is 757 g/mol. The lowest BCUT2D eigenvalue weighted by atomic mass is 9.82. The molecule has 1 aliphatic rings. The molecule has 0 fully saturated rings. The number of anilines is 3. The van der Waals surface area contributed by atoms with E-state index in [-0.39, 0.29) is 5.41 Å². The summed E-state index contributed by atoms with van der Waals surface area (Å²) >= 11 is 0. The lowest BCUT2D eigenvalue weighted by Crippen LogP contribution is -2.16. The summed E-state index contributed by atoms with van der Waals surface area (Å²) < 4.78 is 20.5. The van der Waals surface area contributed by atoms with Gasteiger partial charge in [-0.25, -0.2) is 0 Å². The third kappa shape index (κ3) is 4.43. The molecule has 1 aliphatic carbocycles. The van der Waals surface area contributed by atoms with Crippen LogP contribution in [0.15, 0.2) is 189 Å². The summed E-state index contributed by atoms with van der Waals surface area (Å²) in [6, 6.07) is 62.7. The molecule has 0 spiro atoms. The summed E-state index contributed by atoms with van der Waals surface area (Å²) in [7, 11) is 0. The first-order chi connectivity index (χ1) is 29.0. The zero-order chi connectivity index (χ0) is 39.0. The molecule has 0 radical (unpaired) electrons. The minimum atomic E-state index is -0.176. The van der Waals surface area contributed by atoms with E-state index in [1.165, 1.54) is 27.6 Å². The van der Waals surface area contributed by atoms with E-state index < -0.39 is 0 Å². The Kier molecular flexibility index (Phi) is 6.48. The van der Waals surface area contributed by atoms with Gasteiger partial charge < -0.3 is 18.2 Å². The van der Waals surface area contributed by atoms with Crippen molar-refractivity contribution in [3.05, 3.63) is 187 Å². The Balaban J connectivity index is 1.17. The first-order valence-electron chi connectivity index (χ1n) is 20.3. The van der Waals surface area contributed by atoms with E-state index >= 15 is 0 Å². The van der Waals surface area contributed by atoms with Gasteiger partial charge in [0.15, 0.2) is 5.58 Å². The van der Waals surface area contributed by atoms with Crippen molar-refractivity contribution in [1.82, 2.24) is 0 Å². The Morgan fingerprint density at radius 1 is 0.373 bits per heavy atom. The minimum absolute atomic E-state index is 0.176. The van der Waals surface area contributed by atoms with E-state index in [0.29, 0.717) is 0 Å². The minimum Gasteiger partial charge on any atom is -0.456 e. The molecule has 3 aromatic heterocycles.